The second kappa shape index (κ2) is 5.72. The summed E-state index contributed by atoms with van der Waals surface area (Å²) in [6.45, 7) is 2.91. The highest BCUT2D eigenvalue weighted by molar-refractivity contribution is 7.17. The van der Waals surface area contributed by atoms with Gasteiger partial charge < -0.3 is 15.0 Å². The molecule has 1 aromatic heterocycles. The first-order chi connectivity index (χ1) is 8.15. The summed E-state index contributed by atoms with van der Waals surface area (Å²) < 4.78 is 5.79. The number of carbonyl (C=O) groups excluding carboxylic acids is 1. The first kappa shape index (κ1) is 12.7. The van der Waals surface area contributed by atoms with Gasteiger partial charge in [-0.05, 0) is 18.6 Å². The third-order valence-corrected chi connectivity index (χ3v) is 3.44. The summed E-state index contributed by atoms with van der Waals surface area (Å²) in [5.74, 6) is -0.258. The van der Waals surface area contributed by atoms with E-state index >= 15 is 0 Å². The minimum absolute atomic E-state index is 0.0288. The number of nitrogens with one attached hydrogen (secondary N) is 1. The average molecular weight is 277 g/mol. The molecular formula is C9H13ClN4O2S. The molecule has 17 heavy (non-hydrogen) atoms. The highest BCUT2D eigenvalue weighted by Gasteiger charge is 2.19. The Labute approximate surface area is 108 Å². The van der Waals surface area contributed by atoms with E-state index in [0.29, 0.717) is 13.2 Å². The van der Waals surface area contributed by atoms with Crippen LogP contribution in [0.25, 0.3) is 0 Å². The Morgan fingerprint density at radius 3 is 3.18 bits per heavy atom. The number of aromatic nitrogens is 2. The largest absolute Gasteiger partial charge is 0.374 e. The number of morpholine rings is 1. The summed E-state index contributed by atoms with van der Waals surface area (Å²) in [5.41, 5.74) is 0. The van der Waals surface area contributed by atoms with Crippen molar-refractivity contribution in [2.75, 3.05) is 33.3 Å². The van der Waals surface area contributed by atoms with Crippen molar-refractivity contribution in [3.63, 3.8) is 0 Å². The number of nitrogens with zero attached hydrogens (tertiary/aromatic N) is 3. The number of carbonyl (C=O) groups is 1. The number of likely N-dealkylation sites (N-methyl/N-ethyl adjacent to an activating group) is 1. The van der Waals surface area contributed by atoms with Gasteiger partial charge in [-0.15, -0.1) is 10.2 Å². The molecule has 0 bridgehead atoms. The van der Waals surface area contributed by atoms with Crippen molar-refractivity contribution >= 4 is 28.8 Å². The van der Waals surface area contributed by atoms with Gasteiger partial charge in [0.25, 0.3) is 5.91 Å². The standard InChI is InChI=1S/C9H13ClN4O2S/c1-14-2-3-16-6(5-14)4-11-7(15)8-12-13-9(10)17-8/h6H,2-5H2,1H3,(H,11,15). The molecule has 8 heteroatoms. The second-order valence-electron chi connectivity index (χ2n) is 3.83. The fourth-order valence-corrected chi connectivity index (χ4v) is 2.31. The fraction of sp³-hybridized carbons (Fsp3) is 0.667. The van der Waals surface area contributed by atoms with Gasteiger partial charge in [-0.2, -0.15) is 0 Å². The van der Waals surface area contributed by atoms with E-state index in [0.717, 1.165) is 24.4 Å². The molecule has 1 N–H and O–H groups in total. The summed E-state index contributed by atoms with van der Waals surface area (Å²) in [7, 11) is 2.03. The van der Waals surface area contributed by atoms with Gasteiger partial charge in [0.1, 0.15) is 0 Å². The van der Waals surface area contributed by atoms with Crippen LogP contribution in [0.15, 0.2) is 0 Å². The van der Waals surface area contributed by atoms with Crippen LogP contribution in [0, 0.1) is 0 Å². The lowest BCUT2D eigenvalue weighted by Crippen LogP contribution is -2.45. The quantitative estimate of drug-likeness (QED) is 0.857. The first-order valence-corrected chi connectivity index (χ1v) is 6.42. The number of halogens is 1. The minimum Gasteiger partial charge on any atom is -0.374 e. The molecule has 0 aromatic carbocycles. The summed E-state index contributed by atoms with van der Waals surface area (Å²) in [6, 6.07) is 0. The fourth-order valence-electron chi connectivity index (χ4n) is 1.57. The Balaban J connectivity index is 1.80. The van der Waals surface area contributed by atoms with Crippen molar-refractivity contribution in [3.05, 3.63) is 9.47 Å². The second-order valence-corrected chi connectivity index (χ2v) is 5.38. The Bertz CT molecular complexity index is 400. The zero-order valence-corrected chi connectivity index (χ0v) is 10.9. The van der Waals surface area contributed by atoms with Gasteiger partial charge in [0.2, 0.25) is 9.47 Å². The third-order valence-electron chi connectivity index (χ3n) is 2.43. The van der Waals surface area contributed by atoms with Crippen molar-refractivity contribution in [2.24, 2.45) is 0 Å². The van der Waals surface area contributed by atoms with E-state index in [1.807, 2.05) is 7.05 Å². The summed E-state index contributed by atoms with van der Waals surface area (Å²) in [5, 5.41) is 10.3. The monoisotopic (exact) mass is 276 g/mol. The SMILES string of the molecule is CN1CCOC(CNC(=O)c2nnc(Cl)s2)C1. The minimum atomic E-state index is -0.258. The van der Waals surface area contributed by atoms with E-state index in [4.69, 9.17) is 16.3 Å². The van der Waals surface area contributed by atoms with Crippen LogP contribution < -0.4 is 5.32 Å². The number of hydrogen-bond acceptors (Lipinski definition) is 6. The van der Waals surface area contributed by atoms with Crippen LogP contribution >= 0.6 is 22.9 Å². The van der Waals surface area contributed by atoms with Crippen LogP contribution in [0.1, 0.15) is 9.80 Å². The van der Waals surface area contributed by atoms with Gasteiger partial charge in [-0.25, -0.2) is 0 Å². The Morgan fingerprint density at radius 2 is 2.53 bits per heavy atom. The van der Waals surface area contributed by atoms with E-state index in [1.54, 1.807) is 0 Å². The van der Waals surface area contributed by atoms with E-state index < -0.39 is 0 Å². The Morgan fingerprint density at radius 1 is 1.71 bits per heavy atom. The van der Waals surface area contributed by atoms with Crippen molar-refractivity contribution in [1.82, 2.24) is 20.4 Å². The van der Waals surface area contributed by atoms with Gasteiger partial charge in [-0.1, -0.05) is 11.3 Å². The predicted molar refractivity (Wildman–Crippen MR) is 64.5 cm³/mol. The third kappa shape index (κ3) is 3.60. The highest BCUT2D eigenvalue weighted by atomic mass is 35.5. The molecule has 0 saturated carbocycles. The van der Waals surface area contributed by atoms with Crippen LogP contribution in [-0.4, -0.2) is 60.4 Å². The van der Waals surface area contributed by atoms with Crippen molar-refractivity contribution < 1.29 is 9.53 Å². The van der Waals surface area contributed by atoms with Crippen molar-refractivity contribution in [2.45, 2.75) is 6.10 Å². The number of ether oxygens (including phenoxy) is 1. The molecule has 1 aliphatic rings. The smallest absolute Gasteiger partial charge is 0.282 e. The molecule has 0 radical (unpaired) electrons. The normalized spacial score (nSPS) is 21.4. The summed E-state index contributed by atoms with van der Waals surface area (Å²) >= 11 is 6.67. The van der Waals surface area contributed by atoms with Crippen LogP contribution in [0.3, 0.4) is 0 Å². The van der Waals surface area contributed by atoms with Gasteiger partial charge in [0.15, 0.2) is 0 Å². The summed E-state index contributed by atoms with van der Waals surface area (Å²) in [4.78, 5) is 13.8. The van der Waals surface area contributed by atoms with Gasteiger partial charge in [0, 0.05) is 19.6 Å². The summed E-state index contributed by atoms with van der Waals surface area (Å²) in [6.07, 6.45) is 0.0288. The zero-order valence-electron chi connectivity index (χ0n) is 9.35. The molecule has 1 fully saturated rings. The first-order valence-electron chi connectivity index (χ1n) is 5.22. The maximum atomic E-state index is 11.7. The molecule has 94 valence electrons. The number of hydrogen-bond donors (Lipinski definition) is 1. The average Bonchev–Trinajstić information content (AvgIpc) is 2.73. The van der Waals surface area contributed by atoms with Crippen LogP contribution in [0.4, 0.5) is 0 Å². The van der Waals surface area contributed by atoms with Gasteiger partial charge >= 0.3 is 0 Å². The Kier molecular flexibility index (Phi) is 4.27. The maximum Gasteiger partial charge on any atom is 0.282 e. The number of amides is 1. The lowest BCUT2D eigenvalue weighted by Gasteiger charge is -2.29. The molecule has 1 saturated heterocycles. The molecule has 2 rings (SSSR count). The highest BCUT2D eigenvalue weighted by Crippen LogP contribution is 2.14. The molecule has 1 amide bonds. The lowest BCUT2D eigenvalue weighted by molar-refractivity contribution is -0.0175. The molecule has 0 aliphatic carbocycles. The van der Waals surface area contributed by atoms with E-state index in [-0.39, 0.29) is 21.5 Å². The van der Waals surface area contributed by atoms with E-state index in [2.05, 4.69) is 20.4 Å². The maximum absolute atomic E-state index is 11.7. The van der Waals surface area contributed by atoms with Gasteiger partial charge in [-0.3, -0.25) is 4.79 Å². The van der Waals surface area contributed by atoms with Gasteiger partial charge in [0.05, 0.1) is 12.7 Å². The van der Waals surface area contributed by atoms with Crippen molar-refractivity contribution in [1.29, 1.82) is 0 Å². The molecule has 2 heterocycles. The molecular weight excluding hydrogens is 264 g/mol. The molecule has 6 nitrogen and oxygen atoms in total. The zero-order chi connectivity index (χ0) is 12.3. The Hall–Kier alpha value is -0.760. The van der Waals surface area contributed by atoms with Crippen molar-refractivity contribution in [3.8, 4) is 0 Å². The molecule has 1 unspecified atom stereocenters. The topological polar surface area (TPSA) is 67.3 Å². The lowest BCUT2D eigenvalue weighted by atomic mass is 10.3. The predicted octanol–water partition coefficient (Wildman–Crippen LogP) is 0.252. The van der Waals surface area contributed by atoms with E-state index in [9.17, 15) is 4.79 Å². The molecule has 1 aliphatic heterocycles. The molecule has 1 aromatic rings. The van der Waals surface area contributed by atoms with Crippen LogP contribution in [0.5, 0.6) is 0 Å². The molecule has 1 atom stereocenters. The number of rotatable bonds is 3. The van der Waals surface area contributed by atoms with E-state index in [1.165, 1.54) is 0 Å². The molecule has 0 spiro atoms. The van der Waals surface area contributed by atoms with Crippen LogP contribution in [0.2, 0.25) is 4.47 Å². The van der Waals surface area contributed by atoms with Crippen LogP contribution in [-0.2, 0) is 4.74 Å².